The van der Waals surface area contributed by atoms with E-state index in [0.29, 0.717) is 5.76 Å². The lowest BCUT2D eigenvalue weighted by atomic mass is 10.1. The first-order valence-corrected chi connectivity index (χ1v) is 5.19. The van der Waals surface area contributed by atoms with E-state index in [1.54, 1.807) is 19.5 Å². The van der Waals surface area contributed by atoms with E-state index in [2.05, 4.69) is 9.97 Å². The number of hydrogen-bond donors (Lipinski definition) is 0. The number of ether oxygens (including phenoxy) is 1. The lowest BCUT2D eigenvalue weighted by Crippen LogP contribution is -1.86. The Bertz CT molecular complexity index is 648. The van der Waals surface area contributed by atoms with Crippen LogP contribution in [0.25, 0.3) is 22.1 Å². The lowest BCUT2D eigenvalue weighted by Gasteiger charge is -2.05. The van der Waals surface area contributed by atoms with E-state index < -0.39 is 0 Å². The molecule has 0 amide bonds. The molecule has 3 aromatic rings. The van der Waals surface area contributed by atoms with E-state index in [9.17, 15) is 0 Å². The van der Waals surface area contributed by atoms with Crippen LogP contribution in [0.5, 0.6) is 5.75 Å². The van der Waals surface area contributed by atoms with Crippen LogP contribution < -0.4 is 4.74 Å². The average Bonchev–Trinajstić information content (AvgIpc) is 2.91. The van der Waals surface area contributed by atoms with Crippen LogP contribution in [-0.2, 0) is 0 Å². The third-order valence-electron chi connectivity index (χ3n) is 2.67. The zero-order valence-corrected chi connectivity index (χ0v) is 9.25. The maximum Gasteiger partial charge on any atom is 0.181 e. The molecule has 2 heterocycles. The van der Waals surface area contributed by atoms with Gasteiger partial charge in [-0.25, -0.2) is 4.98 Å². The maximum absolute atomic E-state index is 5.31. The van der Waals surface area contributed by atoms with Crippen LogP contribution in [0, 0.1) is 0 Å². The number of aromatic nitrogens is 2. The van der Waals surface area contributed by atoms with Crippen molar-refractivity contribution in [1.82, 2.24) is 9.97 Å². The Morgan fingerprint density at radius 1 is 1.12 bits per heavy atom. The first kappa shape index (κ1) is 9.84. The van der Waals surface area contributed by atoms with Crippen LogP contribution in [-0.4, -0.2) is 17.1 Å². The Morgan fingerprint density at radius 2 is 2.06 bits per heavy atom. The molecule has 0 spiro atoms. The van der Waals surface area contributed by atoms with Crippen molar-refractivity contribution in [2.45, 2.75) is 0 Å². The van der Waals surface area contributed by atoms with Crippen molar-refractivity contribution < 1.29 is 9.15 Å². The van der Waals surface area contributed by atoms with Gasteiger partial charge in [-0.3, -0.25) is 4.98 Å². The summed E-state index contributed by atoms with van der Waals surface area (Å²) in [6, 6.07) is 5.85. The van der Waals surface area contributed by atoms with Crippen molar-refractivity contribution in [2.75, 3.05) is 7.11 Å². The first-order valence-electron chi connectivity index (χ1n) is 5.19. The number of nitrogens with zero attached hydrogens (tertiary/aromatic N) is 2. The third-order valence-corrected chi connectivity index (χ3v) is 2.67. The molecular formula is C13H10N2O2. The quantitative estimate of drug-likeness (QED) is 0.674. The Morgan fingerprint density at radius 3 is 2.82 bits per heavy atom. The van der Waals surface area contributed by atoms with Crippen LogP contribution in [0.2, 0.25) is 0 Å². The van der Waals surface area contributed by atoms with Gasteiger partial charge in [0.25, 0.3) is 0 Å². The highest BCUT2D eigenvalue weighted by atomic mass is 16.5. The Balaban J connectivity index is 2.30. The second-order valence-corrected chi connectivity index (χ2v) is 3.64. The fourth-order valence-electron chi connectivity index (χ4n) is 1.81. The van der Waals surface area contributed by atoms with Gasteiger partial charge in [0.1, 0.15) is 5.75 Å². The molecule has 0 saturated heterocycles. The van der Waals surface area contributed by atoms with E-state index in [1.165, 1.54) is 6.39 Å². The van der Waals surface area contributed by atoms with Crippen LogP contribution >= 0.6 is 0 Å². The molecule has 0 atom stereocenters. The van der Waals surface area contributed by atoms with Crippen LogP contribution in [0.3, 0.4) is 0 Å². The molecule has 84 valence electrons. The van der Waals surface area contributed by atoms with Gasteiger partial charge in [0.2, 0.25) is 0 Å². The van der Waals surface area contributed by atoms with Crippen LogP contribution in [0.15, 0.2) is 47.6 Å². The second-order valence-electron chi connectivity index (χ2n) is 3.64. The first-order chi connectivity index (χ1) is 8.38. The van der Waals surface area contributed by atoms with Crippen molar-refractivity contribution in [3.05, 3.63) is 43.2 Å². The van der Waals surface area contributed by atoms with E-state index >= 15 is 0 Å². The Hall–Kier alpha value is -2.36. The number of methoxy groups -OCH3 is 1. The average molecular weight is 226 g/mol. The summed E-state index contributed by atoms with van der Waals surface area (Å²) >= 11 is 0. The smallest absolute Gasteiger partial charge is 0.181 e. The van der Waals surface area contributed by atoms with Gasteiger partial charge in [-0.1, -0.05) is 0 Å². The molecule has 3 rings (SSSR count). The molecule has 0 N–H and O–H groups in total. The molecule has 0 aliphatic rings. The molecule has 1 aromatic carbocycles. The van der Waals surface area contributed by atoms with Crippen molar-refractivity contribution in [2.24, 2.45) is 0 Å². The second kappa shape index (κ2) is 3.90. The van der Waals surface area contributed by atoms with Gasteiger partial charge in [-0.15, -0.1) is 0 Å². The molecular weight excluding hydrogens is 216 g/mol. The molecule has 0 aliphatic carbocycles. The summed E-state index contributed by atoms with van der Waals surface area (Å²) in [4.78, 5) is 8.12. The number of pyridine rings is 1. The monoisotopic (exact) mass is 226 g/mol. The van der Waals surface area contributed by atoms with E-state index in [1.807, 2.05) is 24.4 Å². The van der Waals surface area contributed by atoms with Gasteiger partial charge in [0, 0.05) is 23.3 Å². The summed E-state index contributed by atoms with van der Waals surface area (Å²) in [7, 11) is 1.65. The molecule has 17 heavy (non-hydrogen) atoms. The van der Waals surface area contributed by atoms with Gasteiger partial charge in [-0.2, -0.15) is 0 Å². The highest BCUT2D eigenvalue weighted by Gasteiger charge is 2.08. The molecule has 4 heteroatoms. The molecule has 0 unspecified atom stereocenters. The molecule has 0 bridgehead atoms. The minimum Gasteiger partial charge on any atom is -0.497 e. The Labute approximate surface area is 97.9 Å². The molecule has 0 fully saturated rings. The lowest BCUT2D eigenvalue weighted by molar-refractivity contribution is 0.415. The van der Waals surface area contributed by atoms with E-state index in [4.69, 9.17) is 9.15 Å². The summed E-state index contributed by atoms with van der Waals surface area (Å²) in [5.41, 5.74) is 0.916. The highest BCUT2D eigenvalue weighted by molar-refractivity contribution is 5.95. The largest absolute Gasteiger partial charge is 0.497 e. The van der Waals surface area contributed by atoms with Gasteiger partial charge in [0.15, 0.2) is 12.2 Å². The van der Waals surface area contributed by atoms with Crippen molar-refractivity contribution in [1.29, 1.82) is 0 Å². The zero-order valence-electron chi connectivity index (χ0n) is 9.25. The molecule has 0 aliphatic heterocycles. The highest BCUT2D eigenvalue weighted by Crippen LogP contribution is 2.29. The number of rotatable bonds is 2. The summed E-state index contributed by atoms with van der Waals surface area (Å²) < 4.78 is 10.5. The fraction of sp³-hybridized carbons (Fsp3) is 0.0769. The number of hydrogen-bond acceptors (Lipinski definition) is 4. The van der Waals surface area contributed by atoms with Gasteiger partial charge >= 0.3 is 0 Å². The standard InChI is InChI=1S/C13H10N2O2/c1-16-10-3-2-9-5-14-6-12(11(9)4-10)13-7-15-8-17-13/h2-8H,1H3. The predicted octanol–water partition coefficient (Wildman–Crippen LogP) is 2.90. The minimum absolute atomic E-state index is 0.705. The summed E-state index contributed by atoms with van der Waals surface area (Å²) in [5.74, 6) is 1.51. The predicted molar refractivity (Wildman–Crippen MR) is 63.8 cm³/mol. The van der Waals surface area contributed by atoms with Crippen molar-refractivity contribution in [3.8, 4) is 17.1 Å². The van der Waals surface area contributed by atoms with Crippen molar-refractivity contribution in [3.63, 3.8) is 0 Å². The van der Waals surface area contributed by atoms with E-state index in [0.717, 1.165) is 22.1 Å². The molecule has 2 aromatic heterocycles. The molecule has 0 saturated carbocycles. The fourth-order valence-corrected chi connectivity index (χ4v) is 1.81. The summed E-state index contributed by atoms with van der Waals surface area (Å²) in [6.45, 7) is 0. The third kappa shape index (κ3) is 1.63. The number of fused-ring (bicyclic) bond motifs is 1. The van der Waals surface area contributed by atoms with Crippen LogP contribution in [0.4, 0.5) is 0 Å². The maximum atomic E-state index is 5.31. The topological polar surface area (TPSA) is 48.2 Å². The minimum atomic E-state index is 0.705. The number of oxazole rings is 1. The van der Waals surface area contributed by atoms with Gasteiger partial charge < -0.3 is 9.15 Å². The van der Waals surface area contributed by atoms with Crippen LogP contribution in [0.1, 0.15) is 0 Å². The zero-order chi connectivity index (χ0) is 11.7. The van der Waals surface area contributed by atoms with Gasteiger partial charge in [-0.05, 0) is 23.6 Å². The summed E-state index contributed by atoms with van der Waals surface area (Å²) in [5, 5.41) is 2.08. The molecule has 0 radical (unpaired) electrons. The molecule has 4 nitrogen and oxygen atoms in total. The van der Waals surface area contributed by atoms with E-state index in [-0.39, 0.29) is 0 Å². The Kier molecular flexibility index (Phi) is 2.26. The normalized spacial score (nSPS) is 10.6. The SMILES string of the molecule is COc1ccc2cncc(-c3cnco3)c2c1. The van der Waals surface area contributed by atoms with Crippen molar-refractivity contribution >= 4 is 10.8 Å². The van der Waals surface area contributed by atoms with Gasteiger partial charge in [0.05, 0.1) is 13.3 Å². The number of benzene rings is 1. The summed E-state index contributed by atoms with van der Waals surface area (Å²) in [6.07, 6.45) is 6.67.